The molecule has 0 fully saturated rings. The van der Waals surface area contributed by atoms with Crippen LogP contribution in [0.15, 0.2) is 23.6 Å². The van der Waals surface area contributed by atoms with Gasteiger partial charge in [-0.25, -0.2) is 8.42 Å². The molecule has 1 unspecified atom stereocenters. The van der Waals surface area contributed by atoms with Gasteiger partial charge in [-0.3, -0.25) is 9.52 Å². The number of nitrogens with one attached hydrogen (secondary N) is 2. The van der Waals surface area contributed by atoms with Crippen molar-refractivity contribution in [1.82, 2.24) is 5.32 Å². The van der Waals surface area contributed by atoms with E-state index in [0.717, 1.165) is 37.2 Å². The van der Waals surface area contributed by atoms with Crippen molar-refractivity contribution in [2.45, 2.75) is 117 Å². The first-order chi connectivity index (χ1) is 17.4. The number of hydrogen-bond acceptors (Lipinski definition) is 4. The summed E-state index contributed by atoms with van der Waals surface area (Å²) in [7, 11) is -3.94. The van der Waals surface area contributed by atoms with Crippen LogP contribution in [0.5, 0.6) is 5.75 Å². The summed E-state index contributed by atoms with van der Waals surface area (Å²) in [5, 5.41) is 14.1. The molecule has 0 saturated heterocycles. The molecule has 8 heteroatoms. The number of benzene rings is 1. The Morgan fingerprint density at radius 3 is 2.08 bits per heavy atom. The van der Waals surface area contributed by atoms with Crippen LogP contribution < -0.4 is 10.0 Å². The number of anilines is 1. The van der Waals surface area contributed by atoms with Gasteiger partial charge in [-0.15, -0.1) is 0 Å². The number of carbonyl (C=O) groups is 1. The third kappa shape index (κ3) is 14.1. The molecule has 1 rings (SSSR count). The molecule has 0 spiro atoms. The zero-order chi connectivity index (χ0) is 27.9. The second-order valence-electron chi connectivity index (χ2n) is 11.1. The van der Waals surface area contributed by atoms with Crippen LogP contribution in [0.25, 0.3) is 0 Å². The molecule has 0 saturated carbocycles. The molecule has 0 aromatic heterocycles. The van der Waals surface area contributed by atoms with Gasteiger partial charge in [-0.2, -0.15) is 0 Å². The van der Waals surface area contributed by atoms with Crippen LogP contribution in [-0.4, -0.2) is 26.0 Å². The molecule has 1 aromatic carbocycles. The van der Waals surface area contributed by atoms with E-state index >= 15 is 0 Å². The van der Waals surface area contributed by atoms with Crippen LogP contribution >= 0.6 is 11.6 Å². The lowest BCUT2D eigenvalue weighted by atomic mass is 9.86. The average Bonchev–Trinajstić information content (AvgIpc) is 2.81. The van der Waals surface area contributed by atoms with Crippen LogP contribution in [0, 0.1) is 5.92 Å². The topological polar surface area (TPSA) is 95.5 Å². The minimum atomic E-state index is -3.94. The number of halogens is 1. The summed E-state index contributed by atoms with van der Waals surface area (Å²) in [5.41, 5.74) is 0.312. The number of rotatable bonds is 18. The first kappa shape index (κ1) is 33.3. The van der Waals surface area contributed by atoms with Crippen LogP contribution in [-0.2, 0) is 20.2 Å². The highest BCUT2D eigenvalue weighted by atomic mass is 35.5. The summed E-state index contributed by atoms with van der Waals surface area (Å²) in [6, 6.07) is 2.90. The molecule has 1 atom stereocenters. The van der Waals surface area contributed by atoms with Crippen molar-refractivity contribution in [3.05, 3.63) is 34.2 Å². The van der Waals surface area contributed by atoms with Crippen molar-refractivity contribution in [2.24, 2.45) is 5.92 Å². The van der Waals surface area contributed by atoms with E-state index in [9.17, 15) is 18.3 Å². The fourth-order valence-electron chi connectivity index (χ4n) is 4.30. The average molecular weight is 557 g/mol. The highest BCUT2D eigenvalue weighted by Crippen LogP contribution is 2.38. The number of amides is 1. The number of phenols is 1. The second-order valence-corrected chi connectivity index (χ2v) is 13.0. The van der Waals surface area contributed by atoms with Crippen molar-refractivity contribution in [1.29, 1.82) is 0 Å². The summed E-state index contributed by atoms with van der Waals surface area (Å²) < 4.78 is 27.6. The van der Waals surface area contributed by atoms with Gasteiger partial charge in [0.05, 0.1) is 16.1 Å². The van der Waals surface area contributed by atoms with Crippen molar-refractivity contribution in [2.75, 3.05) is 11.3 Å². The Morgan fingerprint density at radius 1 is 0.973 bits per heavy atom. The van der Waals surface area contributed by atoms with E-state index in [1.54, 1.807) is 6.07 Å². The Hall–Kier alpha value is -1.73. The summed E-state index contributed by atoms with van der Waals surface area (Å²) in [5.74, 6) is -0.0895. The first-order valence-electron chi connectivity index (χ1n) is 13.9. The van der Waals surface area contributed by atoms with Crippen molar-refractivity contribution < 1.29 is 18.3 Å². The molecule has 0 radical (unpaired) electrons. The zero-order valence-electron chi connectivity index (χ0n) is 23.5. The zero-order valence-corrected chi connectivity index (χ0v) is 25.1. The molecule has 212 valence electrons. The molecule has 1 aromatic rings. The second kappa shape index (κ2) is 17.0. The van der Waals surface area contributed by atoms with E-state index in [1.807, 2.05) is 20.8 Å². The predicted molar refractivity (Wildman–Crippen MR) is 157 cm³/mol. The molecular formula is C29H49ClN2O4S. The number of hydrogen-bond donors (Lipinski definition) is 3. The lowest BCUT2D eigenvalue weighted by Crippen LogP contribution is -2.28. The van der Waals surface area contributed by atoms with Gasteiger partial charge in [0, 0.05) is 18.2 Å². The Labute approximate surface area is 230 Å². The van der Waals surface area contributed by atoms with Gasteiger partial charge in [0.25, 0.3) is 10.0 Å². The minimum Gasteiger partial charge on any atom is -0.506 e. The van der Waals surface area contributed by atoms with E-state index < -0.39 is 21.3 Å². The molecule has 0 heterocycles. The number of phenolic OH excluding ortho intramolecular Hbond substituents is 1. The van der Waals surface area contributed by atoms with E-state index in [4.69, 9.17) is 11.6 Å². The van der Waals surface area contributed by atoms with Gasteiger partial charge in [0.15, 0.2) is 0 Å². The summed E-state index contributed by atoms with van der Waals surface area (Å²) in [6.45, 7) is 10.7. The molecular weight excluding hydrogens is 508 g/mol. The van der Waals surface area contributed by atoms with Crippen LogP contribution in [0.4, 0.5) is 5.69 Å². The number of carbonyl (C=O) groups excluding carboxylic acids is 1. The lowest BCUT2D eigenvalue weighted by Gasteiger charge is -2.22. The Morgan fingerprint density at radius 2 is 1.51 bits per heavy atom. The minimum absolute atomic E-state index is 0.0576. The third-order valence-electron chi connectivity index (χ3n) is 6.53. The summed E-state index contributed by atoms with van der Waals surface area (Å²) >= 11 is 6.11. The molecule has 0 aliphatic carbocycles. The Bertz CT molecular complexity index is 955. The van der Waals surface area contributed by atoms with Gasteiger partial charge in [-0.1, -0.05) is 110 Å². The smallest absolute Gasteiger partial charge is 0.255 e. The molecule has 1 amide bonds. The van der Waals surface area contributed by atoms with Crippen LogP contribution in [0.3, 0.4) is 0 Å². The molecule has 0 bridgehead atoms. The summed E-state index contributed by atoms with van der Waals surface area (Å²) in [6.07, 6.45) is 15.5. The van der Waals surface area contributed by atoms with Gasteiger partial charge < -0.3 is 10.4 Å². The maximum Gasteiger partial charge on any atom is 0.255 e. The SMILES string of the molecule is CCCCCCCCC(CCCCCC)CNC(=O)/C=C/S(=O)(=O)Nc1cc(Cl)c(O)c(C(C)(C)C)c1. The highest BCUT2D eigenvalue weighted by Gasteiger charge is 2.22. The highest BCUT2D eigenvalue weighted by molar-refractivity contribution is 7.95. The van der Waals surface area contributed by atoms with E-state index in [2.05, 4.69) is 23.9 Å². The standard InChI is InChI=1S/C29H49ClN2O4S/c1-6-8-10-12-13-15-17-23(16-14-11-9-7-2)22-31-27(33)18-19-37(35,36)32-24-20-25(29(3,4)5)28(34)26(30)21-24/h18-21,23,32,34H,6-17,22H2,1-5H3,(H,31,33)/b19-18+. The van der Waals surface area contributed by atoms with Crippen LogP contribution in [0.2, 0.25) is 5.02 Å². The normalized spacial score (nSPS) is 13.1. The Kier molecular flexibility index (Phi) is 15.3. The summed E-state index contributed by atoms with van der Waals surface area (Å²) in [4.78, 5) is 12.4. The fourth-order valence-corrected chi connectivity index (χ4v) is 5.34. The van der Waals surface area contributed by atoms with E-state index in [0.29, 0.717) is 18.0 Å². The molecule has 3 N–H and O–H groups in total. The van der Waals surface area contributed by atoms with Crippen molar-refractivity contribution in [3.63, 3.8) is 0 Å². The fraction of sp³-hybridized carbons (Fsp3) is 0.690. The van der Waals surface area contributed by atoms with E-state index in [1.165, 1.54) is 57.4 Å². The van der Waals surface area contributed by atoms with E-state index in [-0.39, 0.29) is 16.5 Å². The monoisotopic (exact) mass is 556 g/mol. The lowest BCUT2D eigenvalue weighted by molar-refractivity contribution is -0.116. The van der Waals surface area contributed by atoms with Crippen molar-refractivity contribution >= 4 is 33.2 Å². The Balaban J connectivity index is 2.69. The molecule has 0 aliphatic rings. The number of sulfonamides is 1. The molecule has 6 nitrogen and oxygen atoms in total. The quantitative estimate of drug-likeness (QED) is 0.0967. The third-order valence-corrected chi connectivity index (χ3v) is 7.83. The number of unbranched alkanes of at least 4 members (excludes halogenated alkanes) is 8. The van der Waals surface area contributed by atoms with Crippen LogP contribution in [0.1, 0.15) is 117 Å². The largest absolute Gasteiger partial charge is 0.506 e. The van der Waals surface area contributed by atoms with Gasteiger partial charge >= 0.3 is 0 Å². The van der Waals surface area contributed by atoms with Gasteiger partial charge in [-0.05, 0) is 36.3 Å². The van der Waals surface area contributed by atoms with Gasteiger partial charge in [0.2, 0.25) is 5.91 Å². The van der Waals surface area contributed by atoms with Crippen molar-refractivity contribution in [3.8, 4) is 5.75 Å². The first-order valence-corrected chi connectivity index (χ1v) is 15.8. The van der Waals surface area contributed by atoms with Gasteiger partial charge in [0.1, 0.15) is 5.75 Å². The molecule has 37 heavy (non-hydrogen) atoms. The maximum atomic E-state index is 12.6. The maximum absolute atomic E-state index is 12.6. The molecule has 0 aliphatic heterocycles. The number of aromatic hydroxyl groups is 1. The predicted octanol–water partition coefficient (Wildman–Crippen LogP) is 8.05.